The number of carbonyl (C=O) groups is 2. The SMILES string of the molecule is [C-]#[N+]c1cc(C(C)(C)c2ccc(OCc3ccnc(N4CCC5(CC4)CCN(C4CCN(C6CN(Cc7cccc8c7n(C)c(=O)n8C7CCC(=O)NC7=O)C6)CC4)CC5)n3)cc2)cc(Cl)c1OCCCl. The quantitative estimate of drug-likeness (QED) is 0.0662. The summed E-state index contributed by atoms with van der Waals surface area (Å²) in [6.45, 7) is 21.9. The third-order valence-electron chi connectivity index (χ3n) is 16.4. The van der Waals surface area contributed by atoms with E-state index in [0.717, 1.165) is 104 Å². The second-order valence-electron chi connectivity index (χ2n) is 20.8. The van der Waals surface area contributed by atoms with E-state index >= 15 is 0 Å². The molecule has 5 fully saturated rings. The van der Waals surface area contributed by atoms with E-state index in [4.69, 9.17) is 49.2 Å². The highest BCUT2D eigenvalue weighted by Crippen LogP contribution is 2.44. The third kappa shape index (κ3) is 10.0. The van der Waals surface area contributed by atoms with Crippen LogP contribution in [0.4, 0.5) is 11.6 Å². The number of fused-ring (bicyclic) bond motifs is 1. The van der Waals surface area contributed by atoms with E-state index < -0.39 is 17.4 Å². The Hall–Kier alpha value is -5.50. The van der Waals surface area contributed by atoms with Gasteiger partial charge >= 0.3 is 5.69 Å². The number of halogens is 2. The number of likely N-dealkylation sites (tertiary alicyclic amines) is 3. The molecule has 17 heteroatoms. The number of nitrogens with zero attached hydrogens (tertiary/aromatic N) is 9. The number of nitrogens with one attached hydrogen (secondary N) is 1. The first-order valence-corrected chi connectivity index (χ1v) is 26.2. The zero-order valence-corrected chi connectivity index (χ0v) is 42.6. The summed E-state index contributed by atoms with van der Waals surface area (Å²) in [5, 5.41) is 2.81. The minimum Gasteiger partial charge on any atom is -0.502 e. The van der Waals surface area contributed by atoms with Crippen molar-refractivity contribution in [3.63, 3.8) is 0 Å². The fourth-order valence-electron chi connectivity index (χ4n) is 11.9. The summed E-state index contributed by atoms with van der Waals surface area (Å²) in [5.41, 5.74) is 5.63. The Morgan fingerprint density at radius 3 is 2.30 bits per heavy atom. The Bertz CT molecular complexity index is 2860. The van der Waals surface area contributed by atoms with Crippen molar-refractivity contribution in [1.82, 2.24) is 39.1 Å². The number of aromatic nitrogens is 4. The van der Waals surface area contributed by atoms with Crippen molar-refractivity contribution >= 4 is 57.7 Å². The maximum absolute atomic E-state index is 13.4. The minimum absolute atomic E-state index is 0.224. The molecule has 5 aliphatic rings. The second kappa shape index (κ2) is 20.5. The van der Waals surface area contributed by atoms with Gasteiger partial charge in [-0.3, -0.25) is 33.8 Å². The Kier molecular flexibility index (Phi) is 14.2. The van der Waals surface area contributed by atoms with Crippen LogP contribution in [0.1, 0.15) is 93.6 Å². The Morgan fingerprint density at radius 2 is 1.59 bits per heavy atom. The van der Waals surface area contributed by atoms with Gasteiger partial charge in [0.25, 0.3) is 0 Å². The van der Waals surface area contributed by atoms with Gasteiger partial charge in [0.05, 0.1) is 40.8 Å². The molecule has 0 bridgehead atoms. The number of aryl methyl sites for hydroxylation is 1. The highest BCUT2D eigenvalue weighted by molar-refractivity contribution is 6.32. The molecule has 3 aromatic carbocycles. The van der Waals surface area contributed by atoms with Crippen LogP contribution in [0.15, 0.2) is 71.7 Å². The molecule has 0 saturated carbocycles. The molecule has 1 N–H and O–H groups in total. The lowest BCUT2D eigenvalue weighted by Gasteiger charge is -2.51. The van der Waals surface area contributed by atoms with Gasteiger partial charge in [0.1, 0.15) is 24.1 Å². The Morgan fingerprint density at radius 1 is 0.873 bits per heavy atom. The summed E-state index contributed by atoms with van der Waals surface area (Å²) in [7, 11) is 1.78. The van der Waals surface area contributed by atoms with Crippen molar-refractivity contribution in [2.75, 3.05) is 69.7 Å². The molecule has 1 spiro atoms. The number of hydrogen-bond donors (Lipinski definition) is 1. The van der Waals surface area contributed by atoms with Gasteiger partial charge in [0.15, 0.2) is 0 Å². The number of imide groups is 1. The summed E-state index contributed by atoms with van der Waals surface area (Å²) in [6.07, 6.45) is 9.68. The highest BCUT2D eigenvalue weighted by Gasteiger charge is 2.41. The number of alkyl halides is 1. The molecular weight excluding hydrogens is 940 g/mol. The molecule has 10 rings (SSSR count). The third-order valence-corrected chi connectivity index (χ3v) is 16.8. The molecule has 2 amide bonds. The lowest BCUT2D eigenvalue weighted by molar-refractivity contribution is -0.135. The van der Waals surface area contributed by atoms with E-state index in [0.29, 0.717) is 52.9 Å². The van der Waals surface area contributed by atoms with Crippen LogP contribution in [0, 0.1) is 12.0 Å². The van der Waals surface area contributed by atoms with Gasteiger partial charge in [0, 0.05) is 83.0 Å². The number of para-hydroxylation sites is 1. The molecule has 2 aromatic heterocycles. The average Bonchev–Trinajstić information content (AvgIpc) is 3.63. The van der Waals surface area contributed by atoms with E-state index in [2.05, 4.69) is 61.8 Å². The van der Waals surface area contributed by atoms with E-state index in [1.807, 2.05) is 48.7 Å². The fourth-order valence-corrected chi connectivity index (χ4v) is 12.2. The van der Waals surface area contributed by atoms with E-state index in [1.54, 1.807) is 16.2 Å². The Labute approximate surface area is 425 Å². The summed E-state index contributed by atoms with van der Waals surface area (Å²) in [6, 6.07) is 20.2. The van der Waals surface area contributed by atoms with Crippen LogP contribution in [-0.2, 0) is 35.2 Å². The zero-order valence-electron chi connectivity index (χ0n) is 41.0. The molecule has 374 valence electrons. The van der Waals surface area contributed by atoms with Gasteiger partial charge < -0.3 is 19.3 Å². The van der Waals surface area contributed by atoms with Gasteiger partial charge in [-0.1, -0.05) is 49.7 Å². The van der Waals surface area contributed by atoms with Gasteiger partial charge in [-0.25, -0.2) is 19.6 Å². The molecule has 0 aliphatic carbocycles. The van der Waals surface area contributed by atoms with Gasteiger partial charge in [-0.2, -0.15) is 0 Å². The van der Waals surface area contributed by atoms with Crippen LogP contribution in [0.2, 0.25) is 5.02 Å². The maximum atomic E-state index is 13.4. The van der Waals surface area contributed by atoms with Crippen LogP contribution in [0.3, 0.4) is 0 Å². The summed E-state index contributed by atoms with van der Waals surface area (Å²) in [5.74, 6) is 1.51. The van der Waals surface area contributed by atoms with Gasteiger partial charge in [0.2, 0.25) is 23.5 Å². The van der Waals surface area contributed by atoms with Crippen LogP contribution in [0.25, 0.3) is 15.9 Å². The minimum atomic E-state index is -0.679. The molecule has 71 heavy (non-hydrogen) atoms. The monoisotopic (exact) mass is 1000 g/mol. The van der Waals surface area contributed by atoms with Crippen molar-refractivity contribution in [2.24, 2.45) is 12.5 Å². The maximum Gasteiger partial charge on any atom is 0.329 e. The van der Waals surface area contributed by atoms with Gasteiger partial charge in [-0.05, 0) is 117 Å². The standard InChI is InChI=1S/C54H64Cl2N10O5/c1-53(2,38-30-43(56)49(70-29-21-55)44(31-38)57-3)37-8-10-42(11-9-37)71-35-39-14-22-58-51(59-39)65-27-19-54(20-28-65)17-25-64(26-18-54)40-15-23-63(24-16-40)41-33-62(34-41)32-36-6-5-7-45-48(36)61(4)52(69)66(45)46-12-13-47(67)60-50(46)68/h5-11,14,22,30-31,40-41,46H,12-13,15-21,23-29,32-35H2,1-2,4H3,(H,60,67,68). The summed E-state index contributed by atoms with van der Waals surface area (Å²) < 4.78 is 15.1. The first kappa shape index (κ1) is 49.1. The average molecular weight is 1000 g/mol. The normalized spacial score (nSPS) is 20.8. The molecule has 1 atom stereocenters. The number of imidazole rings is 1. The first-order valence-electron chi connectivity index (χ1n) is 25.3. The number of piperidine rings is 4. The number of anilines is 1. The van der Waals surface area contributed by atoms with E-state index in [1.165, 1.54) is 38.8 Å². The van der Waals surface area contributed by atoms with Crippen molar-refractivity contribution in [3.8, 4) is 11.5 Å². The van der Waals surface area contributed by atoms with Crippen LogP contribution >= 0.6 is 23.2 Å². The van der Waals surface area contributed by atoms with Crippen LogP contribution in [-0.4, -0.2) is 123 Å². The lowest BCUT2D eigenvalue weighted by atomic mass is 9.71. The summed E-state index contributed by atoms with van der Waals surface area (Å²) >= 11 is 12.4. The highest BCUT2D eigenvalue weighted by atomic mass is 35.5. The smallest absolute Gasteiger partial charge is 0.329 e. The van der Waals surface area contributed by atoms with E-state index in [9.17, 15) is 14.4 Å². The molecule has 7 heterocycles. The van der Waals surface area contributed by atoms with E-state index in [-0.39, 0.29) is 24.6 Å². The van der Waals surface area contributed by atoms with Crippen molar-refractivity contribution in [3.05, 3.63) is 116 Å². The zero-order chi connectivity index (χ0) is 49.4. The van der Waals surface area contributed by atoms with Crippen LogP contribution < -0.4 is 25.4 Å². The van der Waals surface area contributed by atoms with Crippen LogP contribution in [0.5, 0.6) is 11.5 Å². The number of carbonyl (C=O) groups excluding carboxylic acids is 2. The molecule has 5 aliphatic heterocycles. The second-order valence-corrected chi connectivity index (χ2v) is 21.6. The number of amides is 2. The van der Waals surface area contributed by atoms with Gasteiger partial charge in [-0.15, -0.1) is 11.6 Å². The van der Waals surface area contributed by atoms with Crippen molar-refractivity contribution in [2.45, 2.75) is 102 Å². The first-order chi connectivity index (χ1) is 34.3. The Balaban J connectivity index is 0.656. The molecule has 1 unspecified atom stereocenters. The number of ether oxygens (including phenoxy) is 2. The van der Waals surface area contributed by atoms with Crippen molar-refractivity contribution in [1.29, 1.82) is 0 Å². The number of benzene rings is 3. The topological polar surface area (TPSA) is 135 Å². The number of hydrogen-bond acceptors (Lipinski definition) is 11. The lowest BCUT2D eigenvalue weighted by Crippen LogP contribution is -2.61. The predicted molar refractivity (Wildman–Crippen MR) is 276 cm³/mol. The summed E-state index contributed by atoms with van der Waals surface area (Å²) in [4.78, 5) is 61.6. The molecular formula is C54H64Cl2N10O5. The predicted octanol–water partition coefficient (Wildman–Crippen LogP) is 7.87. The molecule has 5 saturated heterocycles. The largest absolute Gasteiger partial charge is 0.502 e. The molecule has 5 aromatic rings. The number of rotatable bonds is 14. The fraction of sp³-hybridized carbons (Fsp3) is 0.519. The van der Waals surface area contributed by atoms with Crippen molar-refractivity contribution < 1.29 is 19.1 Å². The molecule has 15 nitrogen and oxygen atoms in total. The molecule has 0 radical (unpaired) electrons.